The SMILES string of the molecule is C/C(=C(/CCO)SSCC1CCCO1)N(C=O)Cc1cnc(C)nc1N.Cl. The molecular formula is C17H27ClN4O3S2. The molecule has 1 aliphatic heterocycles. The van der Waals surface area contributed by atoms with Gasteiger partial charge >= 0.3 is 0 Å². The fraction of sp³-hybridized carbons (Fsp3) is 0.588. The third kappa shape index (κ3) is 7.50. The molecule has 27 heavy (non-hydrogen) atoms. The Kier molecular flexibility index (Phi) is 11.1. The van der Waals surface area contributed by atoms with Gasteiger partial charge in [-0.2, -0.15) is 0 Å². The van der Waals surface area contributed by atoms with Crippen molar-refractivity contribution in [3.05, 3.63) is 28.2 Å². The number of rotatable bonds is 10. The maximum atomic E-state index is 11.6. The largest absolute Gasteiger partial charge is 0.396 e. The van der Waals surface area contributed by atoms with Crippen LogP contribution in [0.2, 0.25) is 0 Å². The topological polar surface area (TPSA) is 102 Å². The lowest BCUT2D eigenvalue weighted by atomic mass is 10.2. The minimum absolute atomic E-state index is 0. The van der Waals surface area contributed by atoms with Gasteiger partial charge in [0.15, 0.2) is 0 Å². The van der Waals surface area contributed by atoms with Crippen molar-refractivity contribution in [2.75, 3.05) is 24.7 Å². The fourth-order valence-corrected chi connectivity index (χ4v) is 5.29. The Hall–Kier alpha value is -1.00. The molecule has 1 unspecified atom stereocenters. The lowest BCUT2D eigenvalue weighted by molar-refractivity contribution is -0.116. The van der Waals surface area contributed by atoms with Gasteiger partial charge in [0.1, 0.15) is 11.6 Å². The van der Waals surface area contributed by atoms with Crippen molar-refractivity contribution in [3.8, 4) is 0 Å². The quantitative estimate of drug-likeness (QED) is 0.428. The van der Waals surface area contributed by atoms with E-state index in [0.29, 0.717) is 36.3 Å². The van der Waals surface area contributed by atoms with Crippen LogP contribution in [0.1, 0.15) is 37.6 Å². The van der Waals surface area contributed by atoms with Gasteiger partial charge in [0.05, 0.1) is 12.6 Å². The number of nitrogens with zero attached hydrogens (tertiary/aromatic N) is 3. The molecule has 1 fully saturated rings. The van der Waals surface area contributed by atoms with E-state index in [2.05, 4.69) is 9.97 Å². The van der Waals surface area contributed by atoms with Crippen LogP contribution in [0.5, 0.6) is 0 Å². The first kappa shape index (κ1) is 24.0. The molecule has 1 amide bonds. The summed E-state index contributed by atoms with van der Waals surface area (Å²) in [6.45, 7) is 4.82. The molecule has 1 atom stereocenters. The van der Waals surface area contributed by atoms with Crippen molar-refractivity contribution in [2.24, 2.45) is 0 Å². The zero-order valence-electron chi connectivity index (χ0n) is 15.6. The molecule has 0 aliphatic carbocycles. The summed E-state index contributed by atoms with van der Waals surface area (Å²) in [5, 5.41) is 9.39. The van der Waals surface area contributed by atoms with E-state index in [1.165, 1.54) is 0 Å². The number of allylic oxidation sites excluding steroid dienone is 1. The smallest absolute Gasteiger partial charge is 0.214 e. The summed E-state index contributed by atoms with van der Waals surface area (Å²) in [5.41, 5.74) is 7.44. The first-order valence-electron chi connectivity index (χ1n) is 8.56. The van der Waals surface area contributed by atoms with Gasteiger partial charge in [-0.15, -0.1) is 12.4 Å². The Morgan fingerprint density at radius 1 is 1.56 bits per heavy atom. The van der Waals surface area contributed by atoms with Gasteiger partial charge in [-0.3, -0.25) is 4.79 Å². The van der Waals surface area contributed by atoms with Gasteiger partial charge in [-0.25, -0.2) is 9.97 Å². The maximum absolute atomic E-state index is 11.6. The number of aliphatic hydroxyl groups excluding tert-OH is 1. The summed E-state index contributed by atoms with van der Waals surface area (Å²) in [5.74, 6) is 1.87. The molecule has 1 aromatic heterocycles. The predicted octanol–water partition coefficient (Wildman–Crippen LogP) is 2.92. The van der Waals surface area contributed by atoms with E-state index in [-0.39, 0.29) is 19.0 Å². The number of nitrogen functional groups attached to an aromatic ring is 1. The first-order chi connectivity index (χ1) is 12.5. The third-order valence-corrected chi connectivity index (χ3v) is 6.79. The highest BCUT2D eigenvalue weighted by molar-refractivity contribution is 8.78. The Bertz CT molecular complexity index is 643. The van der Waals surface area contributed by atoms with Crippen LogP contribution >= 0.6 is 34.0 Å². The molecule has 2 rings (SSSR count). The normalized spacial score (nSPS) is 17.2. The van der Waals surface area contributed by atoms with Crippen LogP contribution in [0.4, 0.5) is 5.82 Å². The molecular weight excluding hydrogens is 408 g/mol. The molecule has 3 N–H and O–H groups in total. The number of aromatic nitrogens is 2. The van der Waals surface area contributed by atoms with Crippen molar-refractivity contribution in [1.29, 1.82) is 0 Å². The second-order valence-corrected chi connectivity index (χ2v) is 8.48. The monoisotopic (exact) mass is 434 g/mol. The third-order valence-electron chi connectivity index (χ3n) is 4.10. The average molecular weight is 435 g/mol. The van der Waals surface area contributed by atoms with Gasteiger partial charge in [-0.1, -0.05) is 21.6 Å². The van der Waals surface area contributed by atoms with E-state index in [1.54, 1.807) is 39.6 Å². The van der Waals surface area contributed by atoms with E-state index in [0.717, 1.165) is 42.2 Å². The number of aliphatic hydroxyl groups is 1. The zero-order valence-corrected chi connectivity index (χ0v) is 18.0. The lowest BCUT2D eigenvalue weighted by Crippen LogP contribution is -2.22. The highest BCUT2D eigenvalue weighted by atomic mass is 35.5. The van der Waals surface area contributed by atoms with E-state index in [4.69, 9.17) is 10.5 Å². The number of nitrogens with two attached hydrogens (primary N) is 1. The number of amides is 1. The van der Waals surface area contributed by atoms with Crippen molar-refractivity contribution in [2.45, 2.75) is 45.8 Å². The number of halogens is 1. The van der Waals surface area contributed by atoms with Crippen molar-refractivity contribution >= 4 is 46.2 Å². The molecule has 1 aliphatic rings. The Morgan fingerprint density at radius 2 is 2.33 bits per heavy atom. The first-order valence-corrected chi connectivity index (χ1v) is 10.9. The number of ether oxygens (including phenoxy) is 1. The molecule has 0 bridgehead atoms. The van der Waals surface area contributed by atoms with Crippen LogP contribution < -0.4 is 5.73 Å². The second kappa shape index (κ2) is 12.5. The van der Waals surface area contributed by atoms with E-state index < -0.39 is 0 Å². The van der Waals surface area contributed by atoms with Crippen LogP contribution in [-0.4, -0.2) is 51.5 Å². The summed E-state index contributed by atoms with van der Waals surface area (Å²) in [4.78, 5) is 22.5. The zero-order chi connectivity index (χ0) is 18.9. The van der Waals surface area contributed by atoms with Crippen LogP contribution in [0.15, 0.2) is 16.8 Å². The van der Waals surface area contributed by atoms with Crippen LogP contribution in [0.25, 0.3) is 0 Å². The Morgan fingerprint density at radius 3 is 2.93 bits per heavy atom. The number of carbonyl (C=O) groups excluding carboxylic acids is 1. The van der Waals surface area contributed by atoms with Crippen LogP contribution in [0, 0.1) is 6.92 Å². The van der Waals surface area contributed by atoms with E-state index in [1.807, 2.05) is 6.92 Å². The number of hydrogen-bond acceptors (Lipinski definition) is 8. The van der Waals surface area contributed by atoms with E-state index in [9.17, 15) is 9.90 Å². The molecule has 0 saturated carbocycles. The maximum Gasteiger partial charge on any atom is 0.214 e. The molecule has 152 valence electrons. The molecule has 1 saturated heterocycles. The predicted molar refractivity (Wildman–Crippen MR) is 113 cm³/mol. The van der Waals surface area contributed by atoms with E-state index >= 15 is 0 Å². The molecule has 0 radical (unpaired) electrons. The fourth-order valence-electron chi connectivity index (χ4n) is 2.55. The number of anilines is 1. The lowest BCUT2D eigenvalue weighted by Gasteiger charge is -2.22. The number of carbonyl (C=O) groups is 1. The summed E-state index contributed by atoms with van der Waals surface area (Å²) in [6.07, 6.45) is 5.43. The van der Waals surface area contributed by atoms with Gasteiger partial charge in [0, 0.05) is 47.7 Å². The van der Waals surface area contributed by atoms with Crippen molar-refractivity contribution in [1.82, 2.24) is 14.9 Å². The minimum atomic E-state index is 0. The number of hydrogen-bond donors (Lipinski definition) is 2. The molecule has 2 heterocycles. The molecule has 0 aromatic carbocycles. The van der Waals surface area contributed by atoms with Gasteiger partial charge in [-0.05, 0) is 26.7 Å². The summed E-state index contributed by atoms with van der Waals surface area (Å²) in [7, 11) is 3.29. The Labute approximate surface area is 174 Å². The highest BCUT2D eigenvalue weighted by Gasteiger charge is 2.18. The molecule has 1 aromatic rings. The summed E-state index contributed by atoms with van der Waals surface area (Å²) < 4.78 is 5.63. The van der Waals surface area contributed by atoms with Crippen molar-refractivity contribution in [3.63, 3.8) is 0 Å². The van der Waals surface area contributed by atoms with Crippen molar-refractivity contribution < 1.29 is 14.6 Å². The Balaban J connectivity index is 0.00000364. The molecule has 0 spiro atoms. The average Bonchev–Trinajstić information content (AvgIpc) is 3.13. The standard InChI is InChI=1S/C17H26N4O3S2.ClH/c1-12(16(5-6-22)26-25-10-15-4-3-7-24-15)21(11-23)9-14-8-19-13(2)20-17(14)18;/h8,11,15,22H,3-7,9-10H2,1-2H3,(H2,18,19,20);1H/b16-12+;. The van der Waals surface area contributed by atoms with Crippen LogP contribution in [-0.2, 0) is 16.1 Å². The van der Waals surface area contributed by atoms with Gasteiger partial charge < -0.3 is 20.5 Å². The highest BCUT2D eigenvalue weighted by Crippen LogP contribution is 2.37. The van der Waals surface area contributed by atoms with Gasteiger partial charge in [0.2, 0.25) is 6.41 Å². The minimum Gasteiger partial charge on any atom is -0.396 e. The molecule has 7 nitrogen and oxygen atoms in total. The summed E-state index contributed by atoms with van der Waals surface area (Å²) >= 11 is 0. The van der Waals surface area contributed by atoms with Gasteiger partial charge in [0.25, 0.3) is 0 Å². The summed E-state index contributed by atoms with van der Waals surface area (Å²) in [6, 6.07) is 0. The van der Waals surface area contributed by atoms with Crippen LogP contribution in [0.3, 0.4) is 0 Å². The number of aryl methyl sites for hydroxylation is 1. The second-order valence-electron chi connectivity index (χ2n) is 6.05. The molecule has 10 heteroatoms.